The van der Waals surface area contributed by atoms with Crippen molar-refractivity contribution in [2.24, 2.45) is 10.9 Å². The molecule has 6 heteroatoms. The molecule has 1 rings (SSSR count). The molecule has 0 saturated heterocycles. The van der Waals surface area contributed by atoms with E-state index in [1.165, 1.54) is 12.1 Å². The highest BCUT2D eigenvalue weighted by Gasteiger charge is 2.02. The van der Waals surface area contributed by atoms with E-state index in [1.807, 2.05) is 0 Å². The molecule has 3 N–H and O–H groups in total. The van der Waals surface area contributed by atoms with E-state index in [2.05, 4.69) is 21.1 Å². The standard InChI is InChI=1S/C11H14BrFN2O2/c12-9-7-8(13)4-5-10(9)17-6-2-1-3-11(14)15-16/h4-5,7,16H,1-3,6H2,(H2,14,15). The van der Waals surface area contributed by atoms with Crippen LogP contribution in [-0.2, 0) is 0 Å². The average Bonchev–Trinajstić information content (AvgIpc) is 2.30. The lowest BCUT2D eigenvalue weighted by atomic mass is 10.2. The van der Waals surface area contributed by atoms with Gasteiger partial charge in [0.1, 0.15) is 17.4 Å². The van der Waals surface area contributed by atoms with Gasteiger partial charge in [0.2, 0.25) is 0 Å². The second-order valence-corrected chi connectivity index (χ2v) is 4.33. The Morgan fingerprint density at radius 3 is 2.88 bits per heavy atom. The SMILES string of the molecule is NC(CCCCOc1ccc(F)cc1Br)=NO. The maximum Gasteiger partial charge on any atom is 0.139 e. The lowest BCUT2D eigenvalue weighted by Gasteiger charge is -2.07. The minimum Gasteiger partial charge on any atom is -0.492 e. The maximum atomic E-state index is 12.8. The van der Waals surface area contributed by atoms with Crippen molar-refractivity contribution < 1.29 is 14.3 Å². The molecule has 0 aliphatic carbocycles. The predicted molar refractivity (Wildman–Crippen MR) is 66.9 cm³/mol. The number of ether oxygens (including phenoxy) is 1. The third-order valence-electron chi connectivity index (χ3n) is 2.11. The third-order valence-corrected chi connectivity index (χ3v) is 2.73. The molecule has 17 heavy (non-hydrogen) atoms. The first kappa shape index (κ1) is 13.8. The van der Waals surface area contributed by atoms with E-state index in [0.29, 0.717) is 23.2 Å². The molecule has 0 spiro atoms. The summed E-state index contributed by atoms with van der Waals surface area (Å²) in [5.74, 6) is 0.513. The van der Waals surface area contributed by atoms with Crippen LogP contribution in [0.2, 0.25) is 0 Å². The molecule has 0 aliphatic heterocycles. The van der Waals surface area contributed by atoms with Crippen LogP contribution in [0.15, 0.2) is 27.8 Å². The maximum absolute atomic E-state index is 12.8. The number of amidine groups is 1. The molecule has 0 aromatic heterocycles. The summed E-state index contributed by atoms with van der Waals surface area (Å²) >= 11 is 3.21. The lowest BCUT2D eigenvalue weighted by Crippen LogP contribution is -2.11. The highest BCUT2D eigenvalue weighted by molar-refractivity contribution is 9.10. The van der Waals surface area contributed by atoms with Crippen molar-refractivity contribution in [2.45, 2.75) is 19.3 Å². The Bertz CT molecular complexity index is 399. The first-order valence-corrected chi connectivity index (χ1v) is 5.97. The van der Waals surface area contributed by atoms with Gasteiger partial charge in [-0.15, -0.1) is 0 Å². The summed E-state index contributed by atoms with van der Waals surface area (Å²) in [5, 5.41) is 11.2. The second kappa shape index (κ2) is 7.11. The molecule has 0 amide bonds. The first-order valence-electron chi connectivity index (χ1n) is 5.17. The molecule has 0 unspecified atom stereocenters. The van der Waals surface area contributed by atoms with E-state index in [9.17, 15) is 4.39 Å². The molecule has 0 bridgehead atoms. The summed E-state index contributed by atoms with van der Waals surface area (Å²) < 4.78 is 18.8. The fourth-order valence-corrected chi connectivity index (χ4v) is 1.70. The van der Waals surface area contributed by atoms with Gasteiger partial charge in [0.15, 0.2) is 0 Å². The van der Waals surface area contributed by atoms with Crippen LogP contribution < -0.4 is 10.5 Å². The van der Waals surface area contributed by atoms with Crippen LogP contribution >= 0.6 is 15.9 Å². The monoisotopic (exact) mass is 304 g/mol. The van der Waals surface area contributed by atoms with Gasteiger partial charge in [-0.2, -0.15) is 0 Å². The number of benzene rings is 1. The molecule has 0 atom stereocenters. The van der Waals surface area contributed by atoms with Crippen LogP contribution in [0.3, 0.4) is 0 Å². The number of hydrogen-bond donors (Lipinski definition) is 2. The zero-order valence-corrected chi connectivity index (χ0v) is 10.8. The van der Waals surface area contributed by atoms with Crippen LogP contribution in [0.1, 0.15) is 19.3 Å². The van der Waals surface area contributed by atoms with Gasteiger partial charge in [-0.25, -0.2) is 4.39 Å². The molecule has 0 saturated carbocycles. The van der Waals surface area contributed by atoms with Gasteiger partial charge >= 0.3 is 0 Å². The molecule has 0 heterocycles. The van der Waals surface area contributed by atoms with Crippen LogP contribution in [0.25, 0.3) is 0 Å². The van der Waals surface area contributed by atoms with Crippen molar-refractivity contribution in [1.82, 2.24) is 0 Å². The van der Waals surface area contributed by atoms with E-state index in [1.54, 1.807) is 6.07 Å². The summed E-state index contributed by atoms with van der Waals surface area (Å²) in [5.41, 5.74) is 5.32. The van der Waals surface area contributed by atoms with Gasteiger partial charge in [0.05, 0.1) is 11.1 Å². The van der Waals surface area contributed by atoms with Crippen molar-refractivity contribution >= 4 is 21.8 Å². The van der Waals surface area contributed by atoms with Crippen molar-refractivity contribution in [3.63, 3.8) is 0 Å². The zero-order valence-electron chi connectivity index (χ0n) is 9.20. The summed E-state index contributed by atoms with van der Waals surface area (Å²) in [6.45, 7) is 0.503. The molecule has 1 aromatic rings. The lowest BCUT2D eigenvalue weighted by molar-refractivity contribution is 0.303. The minimum atomic E-state index is -0.309. The molecule has 0 radical (unpaired) electrons. The van der Waals surface area contributed by atoms with Gasteiger partial charge in [0.25, 0.3) is 0 Å². The number of unbranched alkanes of at least 4 members (excludes halogenated alkanes) is 1. The molecule has 0 fully saturated rings. The summed E-state index contributed by atoms with van der Waals surface area (Å²) in [7, 11) is 0. The number of rotatable bonds is 6. The highest BCUT2D eigenvalue weighted by atomic mass is 79.9. The molecule has 4 nitrogen and oxygen atoms in total. The van der Waals surface area contributed by atoms with E-state index in [4.69, 9.17) is 15.7 Å². The van der Waals surface area contributed by atoms with Crippen LogP contribution in [0.4, 0.5) is 4.39 Å². The van der Waals surface area contributed by atoms with Gasteiger partial charge < -0.3 is 15.7 Å². The van der Waals surface area contributed by atoms with Gasteiger partial charge in [-0.1, -0.05) is 5.16 Å². The molecule has 1 aromatic carbocycles. The second-order valence-electron chi connectivity index (χ2n) is 3.47. The van der Waals surface area contributed by atoms with Crippen molar-refractivity contribution in [3.05, 3.63) is 28.5 Å². The zero-order chi connectivity index (χ0) is 12.7. The summed E-state index contributed by atoms with van der Waals surface area (Å²) in [6.07, 6.45) is 2.08. The average molecular weight is 305 g/mol. The van der Waals surface area contributed by atoms with Crippen LogP contribution in [-0.4, -0.2) is 17.6 Å². The number of hydrogen-bond acceptors (Lipinski definition) is 3. The van der Waals surface area contributed by atoms with Crippen molar-refractivity contribution in [3.8, 4) is 5.75 Å². The Morgan fingerprint density at radius 1 is 1.47 bits per heavy atom. The number of nitrogens with two attached hydrogens (primary N) is 1. The summed E-state index contributed by atoms with van der Waals surface area (Å²) in [4.78, 5) is 0. The quantitative estimate of drug-likeness (QED) is 0.279. The summed E-state index contributed by atoms with van der Waals surface area (Å²) in [6, 6.07) is 4.27. The van der Waals surface area contributed by atoms with Crippen molar-refractivity contribution in [1.29, 1.82) is 0 Å². The molecule has 94 valence electrons. The molecular formula is C11H14BrFN2O2. The topological polar surface area (TPSA) is 67.8 Å². The Balaban J connectivity index is 2.27. The van der Waals surface area contributed by atoms with E-state index >= 15 is 0 Å². The Labute approximate surface area is 107 Å². The highest BCUT2D eigenvalue weighted by Crippen LogP contribution is 2.25. The van der Waals surface area contributed by atoms with Crippen LogP contribution in [0.5, 0.6) is 5.75 Å². The molecular weight excluding hydrogens is 291 g/mol. The van der Waals surface area contributed by atoms with Gasteiger partial charge in [-0.05, 0) is 47.0 Å². The largest absolute Gasteiger partial charge is 0.492 e. The van der Waals surface area contributed by atoms with Crippen molar-refractivity contribution in [2.75, 3.05) is 6.61 Å². The first-order chi connectivity index (χ1) is 8.13. The van der Waals surface area contributed by atoms with E-state index < -0.39 is 0 Å². The van der Waals surface area contributed by atoms with Gasteiger partial charge in [0, 0.05) is 6.42 Å². The van der Waals surface area contributed by atoms with Gasteiger partial charge in [-0.3, -0.25) is 0 Å². The van der Waals surface area contributed by atoms with E-state index in [-0.39, 0.29) is 11.7 Å². The fourth-order valence-electron chi connectivity index (χ4n) is 1.23. The Morgan fingerprint density at radius 2 is 2.24 bits per heavy atom. The minimum absolute atomic E-state index is 0.216. The Kier molecular flexibility index (Phi) is 5.76. The smallest absolute Gasteiger partial charge is 0.139 e. The van der Waals surface area contributed by atoms with E-state index in [0.717, 1.165) is 12.8 Å². The fraction of sp³-hybridized carbons (Fsp3) is 0.364. The number of nitrogens with zero attached hydrogens (tertiary/aromatic N) is 1. The predicted octanol–water partition coefficient (Wildman–Crippen LogP) is 2.88. The number of oxime groups is 1. The molecule has 0 aliphatic rings. The third kappa shape index (κ3) is 5.04. The number of halogens is 2. The normalized spacial score (nSPS) is 11.5. The Hall–Kier alpha value is -1.30. The van der Waals surface area contributed by atoms with Crippen LogP contribution in [0, 0.1) is 5.82 Å².